The van der Waals surface area contributed by atoms with E-state index in [0.717, 1.165) is 18.5 Å². The average molecular weight is 205 g/mol. The second kappa shape index (κ2) is 4.43. The Morgan fingerprint density at radius 3 is 2.73 bits per heavy atom. The SMILES string of the molecule is COc1cccc(C2CCC(=O)CC2)n1. The largest absolute Gasteiger partial charge is 0.481 e. The van der Waals surface area contributed by atoms with E-state index in [4.69, 9.17) is 4.74 Å². The second-order valence-electron chi connectivity index (χ2n) is 3.92. The molecule has 2 rings (SSSR count). The summed E-state index contributed by atoms with van der Waals surface area (Å²) in [6, 6.07) is 5.82. The number of ether oxygens (including phenoxy) is 1. The van der Waals surface area contributed by atoms with Crippen LogP contribution in [0.2, 0.25) is 0 Å². The number of carbonyl (C=O) groups excluding carboxylic acids is 1. The van der Waals surface area contributed by atoms with Gasteiger partial charge in [-0.2, -0.15) is 0 Å². The Balaban J connectivity index is 2.11. The van der Waals surface area contributed by atoms with Crippen LogP contribution in [-0.4, -0.2) is 17.9 Å². The minimum Gasteiger partial charge on any atom is -0.481 e. The highest BCUT2D eigenvalue weighted by Crippen LogP contribution is 2.30. The fourth-order valence-corrected chi connectivity index (χ4v) is 2.01. The molecule has 1 fully saturated rings. The van der Waals surface area contributed by atoms with E-state index in [1.807, 2.05) is 18.2 Å². The molecule has 80 valence electrons. The predicted molar refractivity (Wildman–Crippen MR) is 57.0 cm³/mol. The molecule has 3 nitrogen and oxygen atoms in total. The van der Waals surface area contributed by atoms with E-state index in [1.165, 1.54) is 0 Å². The van der Waals surface area contributed by atoms with Crippen LogP contribution in [-0.2, 0) is 4.79 Å². The van der Waals surface area contributed by atoms with Crippen molar-refractivity contribution in [3.8, 4) is 5.88 Å². The van der Waals surface area contributed by atoms with Crippen molar-refractivity contribution < 1.29 is 9.53 Å². The maximum absolute atomic E-state index is 11.1. The van der Waals surface area contributed by atoms with Crippen molar-refractivity contribution in [2.24, 2.45) is 0 Å². The number of nitrogens with zero attached hydrogens (tertiary/aromatic N) is 1. The van der Waals surface area contributed by atoms with Crippen molar-refractivity contribution in [1.82, 2.24) is 4.98 Å². The first-order chi connectivity index (χ1) is 7.29. The van der Waals surface area contributed by atoms with Gasteiger partial charge >= 0.3 is 0 Å². The number of hydrogen-bond acceptors (Lipinski definition) is 3. The number of methoxy groups -OCH3 is 1. The first kappa shape index (κ1) is 10.1. The number of carbonyl (C=O) groups is 1. The van der Waals surface area contributed by atoms with Crippen molar-refractivity contribution in [2.45, 2.75) is 31.6 Å². The van der Waals surface area contributed by atoms with Gasteiger partial charge in [0.2, 0.25) is 5.88 Å². The molecule has 0 saturated heterocycles. The lowest BCUT2D eigenvalue weighted by molar-refractivity contribution is -0.120. The maximum atomic E-state index is 11.1. The van der Waals surface area contributed by atoms with Gasteiger partial charge in [0.25, 0.3) is 0 Å². The Morgan fingerprint density at radius 2 is 2.07 bits per heavy atom. The van der Waals surface area contributed by atoms with Gasteiger partial charge in [-0.25, -0.2) is 4.98 Å². The number of pyridine rings is 1. The van der Waals surface area contributed by atoms with Crippen LogP contribution in [0.3, 0.4) is 0 Å². The minimum atomic E-state index is 0.383. The molecule has 0 N–H and O–H groups in total. The lowest BCUT2D eigenvalue weighted by Crippen LogP contribution is -2.13. The van der Waals surface area contributed by atoms with Gasteiger partial charge in [0.15, 0.2) is 0 Å². The fourth-order valence-electron chi connectivity index (χ4n) is 2.01. The molecule has 0 bridgehead atoms. The van der Waals surface area contributed by atoms with Crippen molar-refractivity contribution >= 4 is 5.78 Å². The molecule has 0 spiro atoms. The molecule has 3 heteroatoms. The number of aromatic nitrogens is 1. The third-order valence-electron chi connectivity index (χ3n) is 2.92. The van der Waals surface area contributed by atoms with Crippen LogP contribution in [0.4, 0.5) is 0 Å². The molecule has 1 aliphatic rings. The van der Waals surface area contributed by atoms with Crippen LogP contribution < -0.4 is 4.74 Å². The smallest absolute Gasteiger partial charge is 0.213 e. The maximum Gasteiger partial charge on any atom is 0.213 e. The number of hydrogen-bond donors (Lipinski definition) is 0. The molecule has 1 saturated carbocycles. The van der Waals surface area contributed by atoms with Gasteiger partial charge in [-0.1, -0.05) is 6.07 Å². The molecule has 0 radical (unpaired) electrons. The van der Waals surface area contributed by atoms with E-state index in [0.29, 0.717) is 30.4 Å². The number of Topliss-reactive ketones (excluding diaryl/α,β-unsaturated/α-hetero) is 1. The quantitative estimate of drug-likeness (QED) is 0.743. The van der Waals surface area contributed by atoms with E-state index in [9.17, 15) is 4.79 Å². The summed E-state index contributed by atoms with van der Waals surface area (Å²) < 4.78 is 5.09. The minimum absolute atomic E-state index is 0.383. The Hall–Kier alpha value is -1.38. The van der Waals surface area contributed by atoms with Gasteiger partial charge in [0.1, 0.15) is 5.78 Å². The number of ketones is 1. The molecule has 0 aliphatic heterocycles. The summed E-state index contributed by atoms with van der Waals surface area (Å²) >= 11 is 0. The van der Waals surface area contributed by atoms with E-state index >= 15 is 0 Å². The monoisotopic (exact) mass is 205 g/mol. The van der Waals surface area contributed by atoms with E-state index in [1.54, 1.807) is 7.11 Å². The van der Waals surface area contributed by atoms with Gasteiger partial charge in [0, 0.05) is 30.5 Å². The van der Waals surface area contributed by atoms with Crippen molar-refractivity contribution in [3.05, 3.63) is 23.9 Å². The average Bonchev–Trinajstić information content (AvgIpc) is 2.30. The van der Waals surface area contributed by atoms with Crippen LogP contribution >= 0.6 is 0 Å². The summed E-state index contributed by atoms with van der Waals surface area (Å²) in [6.07, 6.45) is 3.26. The zero-order chi connectivity index (χ0) is 10.7. The summed E-state index contributed by atoms with van der Waals surface area (Å²) in [7, 11) is 1.62. The third-order valence-corrected chi connectivity index (χ3v) is 2.92. The Labute approximate surface area is 89.5 Å². The van der Waals surface area contributed by atoms with Crippen LogP contribution in [0.1, 0.15) is 37.3 Å². The Bertz CT molecular complexity index is 352. The van der Waals surface area contributed by atoms with Crippen LogP contribution in [0.5, 0.6) is 5.88 Å². The highest BCUT2D eigenvalue weighted by molar-refractivity contribution is 5.79. The van der Waals surface area contributed by atoms with E-state index in [-0.39, 0.29) is 0 Å². The van der Waals surface area contributed by atoms with Gasteiger partial charge in [-0.3, -0.25) is 4.79 Å². The van der Waals surface area contributed by atoms with Crippen molar-refractivity contribution in [2.75, 3.05) is 7.11 Å². The van der Waals surface area contributed by atoms with Crippen molar-refractivity contribution in [1.29, 1.82) is 0 Å². The van der Waals surface area contributed by atoms with E-state index in [2.05, 4.69) is 4.98 Å². The molecular weight excluding hydrogens is 190 g/mol. The molecule has 0 aromatic carbocycles. The molecule has 1 aromatic rings. The Kier molecular flexibility index (Phi) is 2.99. The summed E-state index contributed by atoms with van der Waals surface area (Å²) in [5, 5.41) is 0. The lowest BCUT2D eigenvalue weighted by atomic mass is 9.86. The van der Waals surface area contributed by atoms with Gasteiger partial charge < -0.3 is 4.74 Å². The highest BCUT2D eigenvalue weighted by Gasteiger charge is 2.21. The molecule has 0 atom stereocenters. The standard InChI is InChI=1S/C12H15NO2/c1-15-12-4-2-3-11(13-12)9-5-7-10(14)8-6-9/h2-4,9H,5-8H2,1H3. The van der Waals surface area contributed by atoms with Crippen molar-refractivity contribution in [3.63, 3.8) is 0 Å². The summed E-state index contributed by atoms with van der Waals surface area (Å²) in [4.78, 5) is 15.5. The summed E-state index contributed by atoms with van der Waals surface area (Å²) in [5.41, 5.74) is 1.06. The molecule has 0 amide bonds. The first-order valence-electron chi connectivity index (χ1n) is 5.32. The molecule has 15 heavy (non-hydrogen) atoms. The molecule has 0 unspecified atom stereocenters. The first-order valence-corrected chi connectivity index (χ1v) is 5.32. The third kappa shape index (κ3) is 2.35. The predicted octanol–water partition coefficient (Wildman–Crippen LogP) is 2.32. The summed E-state index contributed by atoms with van der Waals surface area (Å²) in [6.45, 7) is 0. The van der Waals surface area contributed by atoms with Gasteiger partial charge in [0.05, 0.1) is 7.11 Å². The fraction of sp³-hybridized carbons (Fsp3) is 0.500. The molecule has 1 aromatic heterocycles. The van der Waals surface area contributed by atoms with Gasteiger partial charge in [-0.05, 0) is 18.9 Å². The van der Waals surface area contributed by atoms with Crippen LogP contribution in [0.15, 0.2) is 18.2 Å². The summed E-state index contributed by atoms with van der Waals surface area (Å²) in [5.74, 6) is 1.47. The van der Waals surface area contributed by atoms with Gasteiger partial charge in [-0.15, -0.1) is 0 Å². The van der Waals surface area contributed by atoms with E-state index < -0.39 is 0 Å². The van der Waals surface area contributed by atoms with Crippen LogP contribution in [0, 0.1) is 0 Å². The topological polar surface area (TPSA) is 39.2 Å². The lowest BCUT2D eigenvalue weighted by Gasteiger charge is -2.20. The second-order valence-corrected chi connectivity index (χ2v) is 3.92. The molecule has 1 aliphatic carbocycles. The van der Waals surface area contributed by atoms with Crippen LogP contribution in [0.25, 0.3) is 0 Å². The zero-order valence-corrected chi connectivity index (χ0v) is 8.90. The Morgan fingerprint density at radius 1 is 1.33 bits per heavy atom. The highest BCUT2D eigenvalue weighted by atomic mass is 16.5. The zero-order valence-electron chi connectivity index (χ0n) is 8.90. The molecular formula is C12H15NO2. The normalized spacial score (nSPS) is 17.8. The molecule has 1 heterocycles. The number of rotatable bonds is 2.